The molecule has 34 heavy (non-hydrogen) atoms. The molecule has 0 spiro atoms. The number of aromatic nitrogens is 3. The molecule has 0 aliphatic carbocycles. The summed E-state index contributed by atoms with van der Waals surface area (Å²) in [5.74, 6) is 0.908. The van der Waals surface area contributed by atoms with Gasteiger partial charge in [-0.1, -0.05) is 48.2 Å². The van der Waals surface area contributed by atoms with Crippen LogP contribution >= 0.6 is 11.8 Å². The van der Waals surface area contributed by atoms with E-state index in [4.69, 9.17) is 0 Å². The molecule has 1 fully saturated rings. The van der Waals surface area contributed by atoms with E-state index in [9.17, 15) is 9.59 Å². The van der Waals surface area contributed by atoms with Crippen molar-refractivity contribution in [2.75, 3.05) is 36.8 Å². The first-order valence-electron chi connectivity index (χ1n) is 11.4. The standard InChI is InChI=1S/C25H30N6O2S/c1-18-9-7-8-12-21(18)24(33)26-19(2)23-27-28-25(29(23)3)34-17-22(32)31-15-13-30(14-16-31)20-10-5-4-6-11-20/h4-12,19H,13-17H2,1-3H3,(H,26,33). The molecule has 0 radical (unpaired) electrons. The zero-order chi connectivity index (χ0) is 24.1. The zero-order valence-corrected chi connectivity index (χ0v) is 20.6. The van der Waals surface area contributed by atoms with Gasteiger partial charge in [0, 0.05) is 44.5 Å². The number of hydrogen-bond acceptors (Lipinski definition) is 6. The Kier molecular flexibility index (Phi) is 7.52. The number of benzene rings is 2. The van der Waals surface area contributed by atoms with Crippen molar-refractivity contribution in [3.63, 3.8) is 0 Å². The molecule has 1 aliphatic heterocycles. The summed E-state index contributed by atoms with van der Waals surface area (Å²) in [6.45, 7) is 6.86. The van der Waals surface area contributed by atoms with Crippen molar-refractivity contribution in [3.05, 3.63) is 71.5 Å². The number of piperazine rings is 1. The molecule has 9 heteroatoms. The lowest BCUT2D eigenvalue weighted by Crippen LogP contribution is -2.49. The Morgan fingerprint density at radius 1 is 1.00 bits per heavy atom. The summed E-state index contributed by atoms with van der Waals surface area (Å²) in [5.41, 5.74) is 2.76. The van der Waals surface area contributed by atoms with Crippen LogP contribution in [0.25, 0.3) is 0 Å². The highest BCUT2D eigenvalue weighted by Crippen LogP contribution is 2.21. The molecule has 8 nitrogen and oxygen atoms in total. The van der Waals surface area contributed by atoms with E-state index in [1.165, 1.54) is 17.4 Å². The van der Waals surface area contributed by atoms with Crippen LogP contribution in [0.1, 0.15) is 34.7 Å². The minimum atomic E-state index is -0.319. The summed E-state index contributed by atoms with van der Waals surface area (Å²) in [6.07, 6.45) is 0. The molecule has 2 heterocycles. The second-order valence-electron chi connectivity index (χ2n) is 8.40. The van der Waals surface area contributed by atoms with Crippen LogP contribution < -0.4 is 10.2 Å². The second kappa shape index (κ2) is 10.7. The minimum Gasteiger partial charge on any atom is -0.368 e. The molecule has 3 aromatic rings. The predicted octanol–water partition coefficient (Wildman–Crippen LogP) is 3.06. The molecule has 4 rings (SSSR count). The van der Waals surface area contributed by atoms with E-state index < -0.39 is 0 Å². The number of nitrogens with one attached hydrogen (secondary N) is 1. The molecule has 0 bridgehead atoms. The molecular formula is C25H30N6O2S. The van der Waals surface area contributed by atoms with Crippen LogP contribution in [0.2, 0.25) is 0 Å². The summed E-state index contributed by atoms with van der Waals surface area (Å²) < 4.78 is 1.84. The molecule has 2 amide bonds. The van der Waals surface area contributed by atoms with E-state index >= 15 is 0 Å². The SMILES string of the molecule is Cc1ccccc1C(=O)NC(C)c1nnc(SCC(=O)N2CCN(c3ccccc3)CC2)n1C. The Morgan fingerprint density at radius 3 is 2.38 bits per heavy atom. The summed E-state index contributed by atoms with van der Waals surface area (Å²) in [7, 11) is 1.86. The van der Waals surface area contributed by atoms with Crippen molar-refractivity contribution < 1.29 is 9.59 Å². The Labute approximate surface area is 204 Å². The summed E-state index contributed by atoms with van der Waals surface area (Å²) in [6, 6.07) is 17.4. The number of rotatable bonds is 7. The van der Waals surface area contributed by atoms with Crippen LogP contribution in [-0.4, -0.2) is 63.4 Å². The number of carbonyl (C=O) groups excluding carboxylic acids is 2. The van der Waals surface area contributed by atoms with Gasteiger partial charge in [0.05, 0.1) is 11.8 Å². The van der Waals surface area contributed by atoms with Gasteiger partial charge in [-0.2, -0.15) is 0 Å². The quantitative estimate of drug-likeness (QED) is 0.526. The molecule has 2 aromatic carbocycles. The number of nitrogens with zero attached hydrogens (tertiary/aromatic N) is 5. The molecule has 1 N–H and O–H groups in total. The lowest BCUT2D eigenvalue weighted by atomic mass is 10.1. The highest BCUT2D eigenvalue weighted by Gasteiger charge is 2.23. The van der Waals surface area contributed by atoms with E-state index in [1.54, 1.807) is 6.07 Å². The van der Waals surface area contributed by atoms with Crippen molar-refractivity contribution in [2.45, 2.75) is 25.0 Å². The molecule has 1 atom stereocenters. The highest BCUT2D eigenvalue weighted by atomic mass is 32.2. The number of para-hydroxylation sites is 1. The van der Waals surface area contributed by atoms with Crippen LogP contribution in [0.5, 0.6) is 0 Å². The molecule has 0 saturated carbocycles. The number of hydrogen-bond donors (Lipinski definition) is 1. The lowest BCUT2D eigenvalue weighted by Gasteiger charge is -2.36. The summed E-state index contributed by atoms with van der Waals surface area (Å²) in [5, 5.41) is 12.2. The molecule has 1 unspecified atom stereocenters. The van der Waals surface area contributed by atoms with Crippen LogP contribution in [0.3, 0.4) is 0 Å². The Balaban J connectivity index is 1.29. The third-order valence-electron chi connectivity index (χ3n) is 6.07. The van der Waals surface area contributed by atoms with Gasteiger partial charge in [-0.15, -0.1) is 10.2 Å². The molecule has 1 aromatic heterocycles. The number of aryl methyl sites for hydroxylation is 1. The maximum absolute atomic E-state index is 12.8. The van der Waals surface area contributed by atoms with Gasteiger partial charge < -0.3 is 19.7 Å². The van der Waals surface area contributed by atoms with Crippen LogP contribution in [0.4, 0.5) is 5.69 Å². The van der Waals surface area contributed by atoms with Crippen molar-refractivity contribution >= 4 is 29.3 Å². The van der Waals surface area contributed by atoms with Gasteiger partial charge >= 0.3 is 0 Å². The first-order valence-corrected chi connectivity index (χ1v) is 12.4. The average Bonchev–Trinajstić information content (AvgIpc) is 3.23. The molecule has 1 aliphatic rings. The van der Waals surface area contributed by atoms with Gasteiger partial charge in [-0.25, -0.2) is 0 Å². The van der Waals surface area contributed by atoms with Crippen molar-refractivity contribution in [3.8, 4) is 0 Å². The van der Waals surface area contributed by atoms with Crippen LogP contribution in [0.15, 0.2) is 59.8 Å². The fraction of sp³-hybridized carbons (Fsp3) is 0.360. The van der Waals surface area contributed by atoms with Gasteiger partial charge in [-0.05, 0) is 37.6 Å². The second-order valence-corrected chi connectivity index (χ2v) is 9.34. The number of anilines is 1. The maximum atomic E-state index is 12.8. The van der Waals surface area contributed by atoms with Crippen LogP contribution in [-0.2, 0) is 11.8 Å². The van der Waals surface area contributed by atoms with Gasteiger partial charge in [-0.3, -0.25) is 9.59 Å². The Bertz CT molecular complexity index is 1140. The zero-order valence-electron chi connectivity index (χ0n) is 19.8. The predicted molar refractivity (Wildman–Crippen MR) is 134 cm³/mol. The largest absolute Gasteiger partial charge is 0.368 e. The van der Waals surface area contributed by atoms with Gasteiger partial charge in [0.1, 0.15) is 0 Å². The first-order chi connectivity index (χ1) is 16.4. The Hall–Kier alpha value is -3.33. The molecule has 178 valence electrons. The molecule has 1 saturated heterocycles. The smallest absolute Gasteiger partial charge is 0.252 e. The van der Waals surface area contributed by atoms with E-state index in [1.807, 2.05) is 66.8 Å². The van der Waals surface area contributed by atoms with E-state index in [2.05, 4.69) is 32.5 Å². The molecular weight excluding hydrogens is 448 g/mol. The van der Waals surface area contributed by atoms with Gasteiger partial charge in [0.15, 0.2) is 11.0 Å². The highest BCUT2D eigenvalue weighted by molar-refractivity contribution is 7.99. The van der Waals surface area contributed by atoms with Crippen molar-refractivity contribution in [1.82, 2.24) is 25.0 Å². The number of amides is 2. The van der Waals surface area contributed by atoms with E-state index in [0.717, 1.165) is 18.7 Å². The monoisotopic (exact) mass is 478 g/mol. The number of thioether (sulfide) groups is 1. The third kappa shape index (κ3) is 5.41. The van der Waals surface area contributed by atoms with Crippen LogP contribution in [0, 0.1) is 6.92 Å². The summed E-state index contributed by atoms with van der Waals surface area (Å²) in [4.78, 5) is 29.6. The first kappa shape index (κ1) is 23.8. The fourth-order valence-corrected chi connectivity index (χ4v) is 4.89. The lowest BCUT2D eigenvalue weighted by molar-refractivity contribution is -0.128. The summed E-state index contributed by atoms with van der Waals surface area (Å²) >= 11 is 1.37. The maximum Gasteiger partial charge on any atom is 0.252 e. The topological polar surface area (TPSA) is 83.4 Å². The van der Waals surface area contributed by atoms with E-state index in [-0.39, 0.29) is 17.9 Å². The van der Waals surface area contributed by atoms with Crippen molar-refractivity contribution in [2.24, 2.45) is 7.05 Å². The van der Waals surface area contributed by atoms with E-state index in [0.29, 0.717) is 35.4 Å². The fourth-order valence-electron chi connectivity index (χ4n) is 4.07. The van der Waals surface area contributed by atoms with Crippen molar-refractivity contribution in [1.29, 1.82) is 0 Å². The minimum absolute atomic E-state index is 0.100. The van der Waals surface area contributed by atoms with Gasteiger partial charge in [0.25, 0.3) is 5.91 Å². The normalized spacial score (nSPS) is 14.7. The third-order valence-corrected chi connectivity index (χ3v) is 7.08. The number of carbonyl (C=O) groups is 2. The average molecular weight is 479 g/mol. The van der Waals surface area contributed by atoms with Gasteiger partial charge in [0.2, 0.25) is 5.91 Å². The Morgan fingerprint density at radius 2 is 1.68 bits per heavy atom.